The maximum absolute atomic E-state index is 11.6. The van der Waals surface area contributed by atoms with E-state index < -0.39 is 12.1 Å². The maximum atomic E-state index is 11.6. The third-order valence-electron chi connectivity index (χ3n) is 7.36. The third kappa shape index (κ3) is 6.38. The van der Waals surface area contributed by atoms with Crippen molar-refractivity contribution in [3.8, 4) is 5.75 Å². The van der Waals surface area contributed by atoms with Crippen LogP contribution in [0.25, 0.3) is 10.9 Å². The largest absolute Gasteiger partial charge is 0.497 e. The molecule has 1 aliphatic rings. The Bertz CT molecular complexity index is 1130. The average Bonchev–Trinajstić information content (AvgIpc) is 3.26. The van der Waals surface area contributed by atoms with Gasteiger partial charge in [-0.1, -0.05) is 0 Å². The number of piperidine rings is 1. The first-order valence-corrected chi connectivity index (χ1v) is 12.5. The molecule has 8 heteroatoms. The summed E-state index contributed by atoms with van der Waals surface area (Å²) in [6.45, 7) is 2.71. The minimum Gasteiger partial charge on any atom is -0.497 e. The van der Waals surface area contributed by atoms with Crippen molar-refractivity contribution >= 4 is 16.9 Å². The summed E-state index contributed by atoms with van der Waals surface area (Å²) in [6, 6.07) is 7.55. The number of rotatable bonds is 11. The monoisotopic (exact) mass is 480 g/mol. The molecule has 0 radical (unpaired) electrons. The zero-order valence-corrected chi connectivity index (χ0v) is 20.6. The number of carboxylic acids is 1. The van der Waals surface area contributed by atoms with Gasteiger partial charge in [0.15, 0.2) is 0 Å². The first-order chi connectivity index (χ1) is 16.9. The smallest absolute Gasteiger partial charge is 0.303 e. The molecule has 0 aliphatic carbocycles. The Morgan fingerprint density at radius 2 is 2.09 bits per heavy atom. The zero-order chi connectivity index (χ0) is 24.8. The minimum absolute atomic E-state index is 0.0934. The highest BCUT2D eigenvalue weighted by atomic mass is 16.5. The van der Waals surface area contributed by atoms with Gasteiger partial charge in [0.25, 0.3) is 0 Å². The molecule has 1 aromatic carbocycles. The fourth-order valence-electron chi connectivity index (χ4n) is 5.38. The number of aliphatic carboxylic acids is 1. The molecule has 188 valence electrons. The van der Waals surface area contributed by atoms with Crippen LogP contribution in [0.3, 0.4) is 0 Å². The standard InChI is InChI=1S/C27H36N4O4/c1-30-15-12-29-26(30)4-3-13-31-14-10-19(20(18-31)16-27(33)34)5-8-25(32)22-9-11-28-24-7-6-21(35-2)17-23(22)24/h6-7,9,11-12,15,17,19-20,25,32H,3-5,8,10,13-14,16,18H2,1-2H3,(H,33,34)/t19-,20+,25-/m1/s1. The number of imidazole rings is 1. The quantitative estimate of drug-likeness (QED) is 0.430. The summed E-state index contributed by atoms with van der Waals surface area (Å²) in [5.41, 5.74) is 1.67. The Kier molecular flexibility index (Phi) is 8.36. The molecule has 0 amide bonds. The van der Waals surface area contributed by atoms with Crippen LogP contribution >= 0.6 is 0 Å². The van der Waals surface area contributed by atoms with Crippen LogP contribution in [0.5, 0.6) is 5.75 Å². The Hall–Kier alpha value is -2.97. The molecule has 2 aromatic heterocycles. The second-order valence-electron chi connectivity index (χ2n) is 9.64. The van der Waals surface area contributed by atoms with Gasteiger partial charge >= 0.3 is 5.97 Å². The predicted molar refractivity (Wildman–Crippen MR) is 134 cm³/mol. The summed E-state index contributed by atoms with van der Waals surface area (Å²) in [6.07, 6.45) is 9.33. The Labute approximate surface area is 206 Å². The number of likely N-dealkylation sites (tertiary alicyclic amines) is 1. The fraction of sp³-hybridized carbons (Fsp3) is 0.519. The van der Waals surface area contributed by atoms with Crippen molar-refractivity contribution < 1.29 is 19.7 Å². The third-order valence-corrected chi connectivity index (χ3v) is 7.36. The number of carboxylic acid groups (broad SMARTS) is 1. The van der Waals surface area contributed by atoms with Gasteiger partial charge in [-0.05, 0) is 80.4 Å². The van der Waals surface area contributed by atoms with Crippen LogP contribution in [-0.4, -0.2) is 62.4 Å². The van der Waals surface area contributed by atoms with Crippen LogP contribution in [-0.2, 0) is 18.3 Å². The van der Waals surface area contributed by atoms with Crippen molar-refractivity contribution in [1.82, 2.24) is 19.4 Å². The average molecular weight is 481 g/mol. The molecule has 1 aliphatic heterocycles. The molecular weight excluding hydrogens is 444 g/mol. The maximum Gasteiger partial charge on any atom is 0.303 e. The number of aliphatic hydroxyl groups excluding tert-OH is 1. The first-order valence-electron chi connectivity index (χ1n) is 12.5. The van der Waals surface area contributed by atoms with Crippen LogP contribution in [0.4, 0.5) is 0 Å². The lowest BCUT2D eigenvalue weighted by molar-refractivity contribution is -0.139. The van der Waals surface area contributed by atoms with Crippen molar-refractivity contribution in [1.29, 1.82) is 0 Å². The number of nitrogens with zero attached hydrogens (tertiary/aromatic N) is 4. The number of fused-ring (bicyclic) bond motifs is 1. The van der Waals surface area contributed by atoms with E-state index >= 15 is 0 Å². The van der Waals surface area contributed by atoms with Crippen molar-refractivity contribution in [3.05, 3.63) is 54.2 Å². The number of hydrogen-bond donors (Lipinski definition) is 2. The van der Waals surface area contributed by atoms with Gasteiger partial charge in [0, 0.05) is 50.4 Å². The molecule has 8 nitrogen and oxygen atoms in total. The van der Waals surface area contributed by atoms with E-state index in [1.165, 1.54) is 0 Å². The molecule has 3 heterocycles. The fourth-order valence-corrected chi connectivity index (χ4v) is 5.38. The Morgan fingerprint density at radius 1 is 1.23 bits per heavy atom. The lowest BCUT2D eigenvalue weighted by atomic mass is 9.79. The predicted octanol–water partition coefficient (Wildman–Crippen LogP) is 3.84. The number of aliphatic hydroxyl groups is 1. The Morgan fingerprint density at radius 3 is 2.83 bits per heavy atom. The van der Waals surface area contributed by atoms with Gasteiger partial charge in [-0.2, -0.15) is 0 Å². The molecule has 3 aromatic rings. The van der Waals surface area contributed by atoms with Crippen LogP contribution in [0.15, 0.2) is 42.9 Å². The summed E-state index contributed by atoms with van der Waals surface area (Å²) >= 11 is 0. The normalized spacial score (nSPS) is 19.6. The van der Waals surface area contributed by atoms with Gasteiger partial charge in [0.05, 0.1) is 18.7 Å². The molecule has 1 fully saturated rings. The lowest BCUT2D eigenvalue weighted by Crippen LogP contribution is -2.42. The minimum atomic E-state index is -0.748. The van der Waals surface area contributed by atoms with Gasteiger partial charge < -0.3 is 24.4 Å². The molecule has 0 spiro atoms. The van der Waals surface area contributed by atoms with Crippen LogP contribution < -0.4 is 4.74 Å². The number of benzene rings is 1. The van der Waals surface area contributed by atoms with Crippen molar-refractivity contribution in [2.75, 3.05) is 26.7 Å². The molecule has 2 N–H and O–H groups in total. The van der Waals surface area contributed by atoms with Gasteiger partial charge in [0.2, 0.25) is 0 Å². The molecule has 0 unspecified atom stereocenters. The highest BCUT2D eigenvalue weighted by molar-refractivity contribution is 5.83. The number of aromatic nitrogens is 3. The number of pyridine rings is 1. The summed E-state index contributed by atoms with van der Waals surface area (Å²) in [5, 5.41) is 21.5. The molecule has 4 rings (SSSR count). The second kappa shape index (κ2) is 11.6. The van der Waals surface area contributed by atoms with E-state index in [0.717, 1.165) is 73.4 Å². The van der Waals surface area contributed by atoms with Gasteiger partial charge in [-0.15, -0.1) is 0 Å². The van der Waals surface area contributed by atoms with E-state index in [9.17, 15) is 15.0 Å². The highest BCUT2D eigenvalue weighted by Gasteiger charge is 2.31. The molecule has 0 bridgehead atoms. The SMILES string of the molecule is COc1ccc2nccc([C@H](O)CC[C@@H]3CCN(CCCc4nccn4C)C[C@@H]3CC(=O)O)c2c1. The van der Waals surface area contributed by atoms with Crippen LogP contribution in [0.1, 0.15) is 49.6 Å². The van der Waals surface area contributed by atoms with Gasteiger partial charge in [-0.25, -0.2) is 4.98 Å². The van der Waals surface area contributed by atoms with Gasteiger partial charge in [0.1, 0.15) is 11.6 Å². The van der Waals surface area contributed by atoms with Crippen molar-refractivity contribution in [2.45, 2.75) is 44.6 Å². The van der Waals surface area contributed by atoms with E-state index in [0.29, 0.717) is 6.42 Å². The number of hydrogen-bond acceptors (Lipinski definition) is 6. The van der Waals surface area contributed by atoms with E-state index in [4.69, 9.17) is 4.74 Å². The van der Waals surface area contributed by atoms with E-state index in [2.05, 4.69) is 14.9 Å². The van der Waals surface area contributed by atoms with Crippen LogP contribution in [0.2, 0.25) is 0 Å². The van der Waals surface area contributed by atoms with Crippen molar-refractivity contribution in [2.24, 2.45) is 18.9 Å². The van der Waals surface area contributed by atoms with Crippen molar-refractivity contribution in [3.63, 3.8) is 0 Å². The summed E-state index contributed by atoms with van der Waals surface area (Å²) < 4.78 is 7.40. The molecule has 1 saturated heterocycles. The summed E-state index contributed by atoms with van der Waals surface area (Å²) in [5.74, 6) is 1.45. The molecular formula is C27H36N4O4. The molecule has 0 saturated carbocycles. The summed E-state index contributed by atoms with van der Waals surface area (Å²) in [7, 11) is 3.64. The number of ether oxygens (including phenoxy) is 1. The van der Waals surface area contributed by atoms with E-state index in [1.54, 1.807) is 13.3 Å². The van der Waals surface area contributed by atoms with E-state index in [-0.39, 0.29) is 18.3 Å². The molecule has 35 heavy (non-hydrogen) atoms. The van der Waals surface area contributed by atoms with E-state index in [1.807, 2.05) is 48.3 Å². The number of methoxy groups -OCH3 is 1. The molecule has 3 atom stereocenters. The van der Waals surface area contributed by atoms with Gasteiger partial charge in [-0.3, -0.25) is 9.78 Å². The highest BCUT2D eigenvalue weighted by Crippen LogP contribution is 2.34. The van der Waals surface area contributed by atoms with Crippen LogP contribution in [0, 0.1) is 11.8 Å². The number of aryl methyl sites for hydroxylation is 2. The number of carbonyl (C=O) groups is 1. The lowest BCUT2D eigenvalue weighted by Gasteiger charge is -2.38. The second-order valence-corrected chi connectivity index (χ2v) is 9.64. The first kappa shape index (κ1) is 25.1. The zero-order valence-electron chi connectivity index (χ0n) is 20.6. The summed E-state index contributed by atoms with van der Waals surface area (Å²) in [4.78, 5) is 22.8. The topological polar surface area (TPSA) is 101 Å². The Balaban J connectivity index is 1.35.